The van der Waals surface area contributed by atoms with Crippen LogP contribution in [0.2, 0.25) is 0 Å². The zero-order chi connectivity index (χ0) is 13.4. The minimum absolute atomic E-state index is 0.426. The highest BCUT2D eigenvalue weighted by molar-refractivity contribution is 5.78. The zero-order valence-corrected chi connectivity index (χ0v) is 11.3. The molecular weight excluding hydrogens is 246 g/mol. The molecule has 0 N–H and O–H groups in total. The van der Waals surface area contributed by atoms with Crippen molar-refractivity contribution in [2.45, 2.75) is 25.3 Å². The number of benzene rings is 2. The van der Waals surface area contributed by atoms with Crippen molar-refractivity contribution in [1.82, 2.24) is 0 Å². The summed E-state index contributed by atoms with van der Waals surface area (Å²) in [5.74, 6) is 1.90. The van der Waals surface area contributed by atoms with Gasteiger partial charge in [-0.05, 0) is 43.5 Å². The van der Waals surface area contributed by atoms with E-state index < -0.39 is 0 Å². The maximum Gasteiger partial charge on any atom is 0.151 e. The van der Waals surface area contributed by atoms with Crippen LogP contribution < -0.4 is 9.64 Å². The van der Waals surface area contributed by atoms with Gasteiger partial charge < -0.3 is 9.64 Å². The molecule has 2 aromatic rings. The molecule has 100 valence electrons. The van der Waals surface area contributed by atoms with Gasteiger partial charge >= 0.3 is 0 Å². The number of hydrogen-bond acceptors (Lipinski definition) is 2. The smallest absolute Gasteiger partial charge is 0.151 e. The Morgan fingerprint density at radius 2 is 1.55 bits per heavy atom. The van der Waals surface area contributed by atoms with Gasteiger partial charge in [-0.3, -0.25) is 0 Å². The fraction of sp³-hybridized carbons (Fsp3) is 0.222. The lowest BCUT2D eigenvalue weighted by atomic mass is 9.99. The number of anilines is 2. The first kappa shape index (κ1) is 11.6. The van der Waals surface area contributed by atoms with E-state index in [1.54, 1.807) is 0 Å². The molecule has 1 aliphatic heterocycles. The molecule has 2 heteroatoms. The van der Waals surface area contributed by atoms with Crippen LogP contribution in [0, 0.1) is 0 Å². The fourth-order valence-electron chi connectivity index (χ4n) is 3.10. The van der Waals surface area contributed by atoms with Crippen molar-refractivity contribution in [3.63, 3.8) is 0 Å². The Morgan fingerprint density at radius 3 is 2.15 bits per heavy atom. The lowest BCUT2D eigenvalue weighted by Gasteiger charge is -2.38. The van der Waals surface area contributed by atoms with Crippen LogP contribution in [0.4, 0.5) is 11.4 Å². The topological polar surface area (TPSA) is 12.5 Å². The number of para-hydroxylation sites is 4. The summed E-state index contributed by atoms with van der Waals surface area (Å²) in [5.41, 5.74) is 2.34. The normalized spacial score (nSPS) is 20.0. The largest absolute Gasteiger partial charge is 0.453 e. The average Bonchev–Trinajstić information content (AvgIpc) is 2.53. The molecule has 2 nitrogen and oxygen atoms in total. The molecule has 0 spiro atoms. The predicted molar refractivity (Wildman–Crippen MR) is 81.9 cm³/mol. The third kappa shape index (κ3) is 1.80. The molecule has 0 amide bonds. The van der Waals surface area contributed by atoms with E-state index >= 15 is 0 Å². The van der Waals surface area contributed by atoms with E-state index in [2.05, 4.69) is 41.3 Å². The molecule has 2 aliphatic rings. The molecule has 1 heterocycles. The minimum Gasteiger partial charge on any atom is -0.453 e. The standard InChI is InChI=1S/C18H17NO/c1-2-8-14(9-3-1)19-15-10-4-6-12-17(15)20-18-13-7-5-11-16(18)19/h2,4-8,10-14H,1,3,9H2. The zero-order valence-electron chi connectivity index (χ0n) is 11.3. The van der Waals surface area contributed by atoms with Gasteiger partial charge in [-0.1, -0.05) is 36.4 Å². The number of allylic oxidation sites excluding steroid dienone is 1. The van der Waals surface area contributed by atoms with Gasteiger partial charge in [0.25, 0.3) is 0 Å². The summed E-state index contributed by atoms with van der Waals surface area (Å²) in [4.78, 5) is 2.42. The van der Waals surface area contributed by atoms with E-state index in [0.29, 0.717) is 6.04 Å². The van der Waals surface area contributed by atoms with Crippen LogP contribution in [-0.2, 0) is 0 Å². The first-order valence-electron chi connectivity index (χ1n) is 7.25. The van der Waals surface area contributed by atoms with E-state index in [1.807, 2.05) is 24.3 Å². The second-order valence-electron chi connectivity index (χ2n) is 5.33. The van der Waals surface area contributed by atoms with Crippen LogP contribution in [0.3, 0.4) is 0 Å². The maximum absolute atomic E-state index is 6.03. The summed E-state index contributed by atoms with van der Waals surface area (Å²) in [6.07, 6.45) is 8.28. The van der Waals surface area contributed by atoms with Crippen LogP contribution in [0.1, 0.15) is 19.3 Å². The Balaban J connectivity index is 1.87. The molecule has 0 radical (unpaired) electrons. The Bertz CT molecular complexity index is 616. The number of nitrogens with zero attached hydrogens (tertiary/aromatic N) is 1. The maximum atomic E-state index is 6.03. The van der Waals surface area contributed by atoms with Crippen molar-refractivity contribution >= 4 is 11.4 Å². The first-order chi connectivity index (χ1) is 9.93. The highest BCUT2D eigenvalue weighted by Crippen LogP contribution is 2.48. The van der Waals surface area contributed by atoms with Crippen molar-refractivity contribution in [1.29, 1.82) is 0 Å². The summed E-state index contributed by atoms with van der Waals surface area (Å²) in [6.45, 7) is 0. The number of hydrogen-bond donors (Lipinski definition) is 0. The quantitative estimate of drug-likeness (QED) is 0.668. The van der Waals surface area contributed by atoms with Gasteiger partial charge in [0.05, 0.1) is 17.4 Å². The van der Waals surface area contributed by atoms with Gasteiger partial charge in [-0.2, -0.15) is 0 Å². The van der Waals surface area contributed by atoms with Gasteiger partial charge in [0.15, 0.2) is 11.5 Å². The van der Waals surface area contributed by atoms with Crippen molar-refractivity contribution in [2.75, 3.05) is 4.90 Å². The molecule has 20 heavy (non-hydrogen) atoms. The van der Waals surface area contributed by atoms with Crippen molar-refractivity contribution < 1.29 is 4.74 Å². The SMILES string of the molecule is C1=CC(N2c3ccccc3Oc3ccccc32)CCC1. The van der Waals surface area contributed by atoms with Crippen LogP contribution in [0.15, 0.2) is 60.7 Å². The second-order valence-corrected chi connectivity index (χ2v) is 5.33. The molecule has 1 atom stereocenters. The molecule has 0 saturated carbocycles. The van der Waals surface area contributed by atoms with E-state index in [-0.39, 0.29) is 0 Å². The predicted octanol–water partition coefficient (Wildman–Crippen LogP) is 5.04. The molecule has 4 rings (SSSR count). The average molecular weight is 263 g/mol. The van der Waals surface area contributed by atoms with Crippen LogP contribution >= 0.6 is 0 Å². The second kappa shape index (κ2) is 4.71. The van der Waals surface area contributed by atoms with Gasteiger partial charge in [-0.25, -0.2) is 0 Å². The summed E-state index contributed by atoms with van der Waals surface area (Å²) < 4.78 is 6.03. The minimum atomic E-state index is 0.426. The highest BCUT2D eigenvalue weighted by Gasteiger charge is 2.28. The molecule has 0 fully saturated rings. The third-order valence-electron chi connectivity index (χ3n) is 4.03. The molecule has 1 aliphatic carbocycles. The summed E-state index contributed by atoms with van der Waals surface area (Å²) >= 11 is 0. The summed E-state index contributed by atoms with van der Waals surface area (Å²) in [6, 6.07) is 17.0. The Hall–Kier alpha value is -2.22. The van der Waals surface area contributed by atoms with Crippen molar-refractivity contribution in [3.05, 3.63) is 60.7 Å². The highest BCUT2D eigenvalue weighted by atomic mass is 16.5. The molecule has 0 bridgehead atoms. The number of fused-ring (bicyclic) bond motifs is 2. The van der Waals surface area contributed by atoms with Gasteiger partial charge in [0.2, 0.25) is 0 Å². The van der Waals surface area contributed by atoms with E-state index in [9.17, 15) is 0 Å². The van der Waals surface area contributed by atoms with E-state index in [4.69, 9.17) is 4.74 Å². The Kier molecular flexibility index (Phi) is 2.73. The lowest BCUT2D eigenvalue weighted by Crippen LogP contribution is -2.32. The molecule has 0 aromatic heterocycles. The summed E-state index contributed by atoms with van der Waals surface area (Å²) in [5, 5.41) is 0. The third-order valence-corrected chi connectivity index (χ3v) is 4.03. The van der Waals surface area contributed by atoms with Crippen molar-refractivity contribution in [3.8, 4) is 11.5 Å². The molecule has 0 saturated heterocycles. The van der Waals surface area contributed by atoms with Crippen molar-refractivity contribution in [2.24, 2.45) is 0 Å². The molecule has 2 aromatic carbocycles. The van der Waals surface area contributed by atoms with Gasteiger partial charge in [-0.15, -0.1) is 0 Å². The first-order valence-corrected chi connectivity index (χ1v) is 7.25. The molecular formula is C18H17NO. The molecule has 1 unspecified atom stereocenters. The van der Waals surface area contributed by atoms with E-state index in [0.717, 1.165) is 11.5 Å². The van der Waals surface area contributed by atoms with Crippen LogP contribution in [0.25, 0.3) is 0 Å². The number of ether oxygens (including phenoxy) is 1. The lowest BCUT2D eigenvalue weighted by molar-refractivity contribution is 0.466. The van der Waals surface area contributed by atoms with E-state index in [1.165, 1.54) is 30.6 Å². The Morgan fingerprint density at radius 1 is 0.900 bits per heavy atom. The van der Waals surface area contributed by atoms with Crippen LogP contribution in [0.5, 0.6) is 11.5 Å². The van der Waals surface area contributed by atoms with Gasteiger partial charge in [0.1, 0.15) is 0 Å². The summed E-state index contributed by atoms with van der Waals surface area (Å²) in [7, 11) is 0. The monoisotopic (exact) mass is 263 g/mol. The van der Waals surface area contributed by atoms with Crippen LogP contribution in [-0.4, -0.2) is 6.04 Å². The van der Waals surface area contributed by atoms with Gasteiger partial charge in [0, 0.05) is 0 Å². The fourth-order valence-corrected chi connectivity index (χ4v) is 3.10. The Labute approximate surface area is 119 Å². The number of rotatable bonds is 1.